The number of nitrogens with one attached hydrogen (secondary N) is 2. The molecule has 30 heavy (non-hydrogen) atoms. The van der Waals surface area contributed by atoms with Crippen LogP contribution in [-0.2, 0) is 6.18 Å². The van der Waals surface area contributed by atoms with Gasteiger partial charge in [0.2, 0.25) is 0 Å². The predicted molar refractivity (Wildman–Crippen MR) is 102 cm³/mol. The van der Waals surface area contributed by atoms with Crippen molar-refractivity contribution in [1.29, 1.82) is 0 Å². The number of hydrogen-bond acceptors (Lipinski definition) is 7. The van der Waals surface area contributed by atoms with Gasteiger partial charge in [0.05, 0.1) is 24.3 Å². The molecule has 1 unspecified atom stereocenters. The van der Waals surface area contributed by atoms with Crippen LogP contribution in [0.4, 0.5) is 24.7 Å². The number of nitrogens with zero attached hydrogens (tertiary/aromatic N) is 7. The standard InChI is InChI=1S/C18H16F3N9/c19-18(20,21)14-10-30-13(7-24-16(30)8-23-14)17-22-3-1-15(28-17)29-4-2-11(9-29)27-12-5-25-26-6-12/h1,3,5-8,10-11,27H,2,4,9H2,(H,25,26). The van der Waals surface area contributed by atoms with Crippen molar-refractivity contribution in [2.75, 3.05) is 23.3 Å². The lowest BCUT2D eigenvalue weighted by Crippen LogP contribution is -2.26. The number of halogens is 3. The number of hydrogen-bond donors (Lipinski definition) is 2. The van der Waals surface area contributed by atoms with E-state index in [0.29, 0.717) is 17.3 Å². The highest BCUT2D eigenvalue weighted by Gasteiger charge is 2.33. The molecule has 154 valence electrons. The van der Waals surface area contributed by atoms with E-state index in [1.807, 2.05) is 0 Å². The first kappa shape index (κ1) is 18.3. The van der Waals surface area contributed by atoms with Gasteiger partial charge in [-0.05, 0) is 12.5 Å². The van der Waals surface area contributed by atoms with Crippen molar-refractivity contribution in [2.24, 2.45) is 0 Å². The second kappa shape index (κ2) is 6.97. The van der Waals surface area contributed by atoms with Crippen LogP contribution in [0.2, 0.25) is 0 Å². The Morgan fingerprint density at radius 3 is 2.83 bits per heavy atom. The van der Waals surface area contributed by atoms with Gasteiger partial charge < -0.3 is 10.2 Å². The van der Waals surface area contributed by atoms with Gasteiger partial charge in [-0.2, -0.15) is 18.3 Å². The Balaban J connectivity index is 1.41. The van der Waals surface area contributed by atoms with E-state index < -0.39 is 11.9 Å². The quantitative estimate of drug-likeness (QED) is 0.529. The van der Waals surface area contributed by atoms with Crippen molar-refractivity contribution in [2.45, 2.75) is 18.6 Å². The Labute approximate surface area is 168 Å². The molecule has 1 aliphatic heterocycles. The number of H-pyrrole nitrogens is 1. The molecule has 12 heteroatoms. The summed E-state index contributed by atoms with van der Waals surface area (Å²) >= 11 is 0. The SMILES string of the molecule is FC(F)(F)c1cn2c(-c3nccc(N4CCC(Nc5cn[nH]c5)C4)n3)cnc2cn1. The first-order valence-electron chi connectivity index (χ1n) is 9.21. The summed E-state index contributed by atoms with van der Waals surface area (Å²) < 4.78 is 40.5. The lowest BCUT2D eigenvalue weighted by atomic mass is 10.2. The molecule has 5 heterocycles. The van der Waals surface area contributed by atoms with Gasteiger partial charge >= 0.3 is 6.18 Å². The molecule has 0 spiro atoms. The van der Waals surface area contributed by atoms with Gasteiger partial charge in [0.15, 0.2) is 17.2 Å². The van der Waals surface area contributed by atoms with Crippen molar-refractivity contribution in [3.05, 3.63) is 48.9 Å². The molecule has 1 saturated heterocycles. The van der Waals surface area contributed by atoms with E-state index in [4.69, 9.17) is 0 Å². The Hall–Kier alpha value is -3.70. The number of aromatic amines is 1. The normalized spacial score (nSPS) is 17.0. The molecule has 4 aromatic rings. The summed E-state index contributed by atoms with van der Waals surface area (Å²) in [4.78, 5) is 18.5. The second-order valence-corrected chi connectivity index (χ2v) is 6.94. The fourth-order valence-corrected chi connectivity index (χ4v) is 3.50. The number of rotatable bonds is 4. The van der Waals surface area contributed by atoms with Crippen LogP contribution in [0.5, 0.6) is 0 Å². The maximum Gasteiger partial charge on any atom is 0.434 e. The van der Waals surface area contributed by atoms with Gasteiger partial charge in [0.25, 0.3) is 0 Å². The topological polar surface area (TPSA) is 99.9 Å². The van der Waals surface area contributed by atoms with E-state index >= 15 is 0 Å². The molecule has 0 aromatic carbocycles. The Bertz CT molecular complexity index is 1170. The molecule has 5 rings (SSSR count). The summed E-state index contributed by atoms with van der Waals surface area (Å²) in [6.45, 7) is 1.53. The van der Waals surface area contributed by atoms with Gasteiger partial charge in [0.1, 0.15) is 11.5 Å². The number of alkyl halides is 3. The van der Waals surface area contributed by atoms with E-state index in [9.17, 15) is 13.2 Å². The van der Waals surface area contributed by atoms with Gasteiger partial charge in [-0.1, -0.05) is 0 Å². The Morgan fingerprint density at radius 1 is 1.13 bits per heavy atom. The number of aromatic nitrogens is 7. The highest BCUT2D eigenvalue weighted by Crippen LogP contribution is 2.29. The van der Waals surface area contributed by atoms with E-state index in [1.54, 1.807) is 24.7 Å². The van der Waals surface area contributed by atoms with Crippen molar-refractivity contribution < 1.29 is 13.2 Å². The molecule has 1 atom stereocenters. The monoisotopic (exact) mass is 415 g/mol. The minimum atomic E-state index is -4.55. The smallest absolute Gasteiger partial charge is 0.378 e. The minimum absolute atomic E-state index is 0.234. The third-order valence-corrected chi connectivity index (χ3v) is 4.94. The van der Waals surface area contributed by atoms with Crippen molar-refractivity contribution >= 4 is 17.2 Å². The second-order valence-electron chi connectivity index (χ2n) is 6.94. The first-order chi connectivity index (χ1) is 14.5. The summed E-state index contributed by atoms with van der Waals surface area (Å²) in [5, 5.41) is 10.1. The molecular formula is C18H16F3N9. The zero-order valence-corrected chi connectivity index (χ0v) is 15.5. The van der Waals surface area contributed by atoms with Gasteiger partial charge in [0, 0.05) is 37.7 Å². The third-order valence-electron chi connectivity index (χ3n) is 4.94. The van der Waals surface area contributed by atoms with Crippen LogP contribution in [-0.4, -0.2) is 53.7 Å². The molecule has 0 amide bonds. The van der Waals surface area contributed by atoms with Crippen molar-refractivity contribution in [3.63, 3.8) is 0 Å². The molecule has 0 bridgehead atoms. The average molecular weight is 415 g/mol. The van der Waals surface area contributed by atoms with Crippen LogP contribution in [0, 0.1) is 0 Å². The van der Waals surface area contributed by atoms with E-state index in [0.717, 1.165) is 37.6 Å². The Morgan fingerprint density at radius 2 is 2.03 bits per heavy atom. The summed E-state index contributed by atoms with van der Waals surface area (Å²) in [7, 11) is 0. The number of anilines is 2. The van der Waals surface area contributed by atoms with E-state index in [2.05, 4.69) is 40.3 Å². The summed E-state index contributed by atoms with van der Waals surface area (Å²) in [6.07, 6.45) is 4.92. The highest BCUT2D eigenvalue weighted by atomic mass is 19.4. The van der Waals surface area contributed by atoms with Gasteiger partial charge in [-0.15, -0.1) is 0 Å². The van der Waals surface area contributed by atoms with Crippen molar-refractivity contribution in [3.8, 4) is 11.5 Å². The summed E-state index contributed by atoms with van der Waals surface area (Å²) in [5.74, 6) is 1.00. The summed E-state index contributed by atoms with van der Waals surface area (Å²) in [6, 6.07) is 2.02. The van der Waals surface area contributed by atoms with Crippen LogP contribution in [0.15, 0.2) is 43.2 Å². The lowest BCUT2D eigenvalue weighted by molar-refractivity contribution is -0.141. The average Bonchev–Trinajstić information content (AvgIpc) is 3.48. The van der Waals surface area contributed by atoms with Crippen molar-refractivity contribution in [1.82, 2.24) is 34.5 Å². The molecule has 1 fully saturated rings. The molecule has 0 aliphatic carbocycles. The lowest BCUT2D eigenvalue weighted by Gasteiger charge is -2.18. The maximum atomic E-state index is 13.1. The maximum absolute atomic E-state index is 13.1. The number of fused-ring (bicyclic) bond motifs is 1. The van der Waals surface area contributed by atoms with Gasteiger partial charge in [-0.3, -0.25) is 9.50 Å². The zero-order chi connectivity index (χ0) is 20.7. The molecule has 1 aliphatic rings. The fourth-order valence-electron chi connectivity index (χ4n) is 3.50. The summed E-state index contributed by atoms with van der Waals surface area (Å²) in [5.41, 5.74) is 0.577. The molecular weight excluding hydrogens is 399 g/mol. The van der Waals surface area contributed by atoms with Crippen LogP contribution < -0.4 is 10.2 Å². The van der Waals surface area contributed by atoms with Gasteiger partial charge in [-0.25, -0.2) is 19.9 Å². The largest absolute Gasteiger partial charge is 0.434 e. The molecule has 0 saturated carbocycles. The molecule has 2 N–H and O–H groups in total. The fraction of sp³-hybridized carbons (Fsp3) is 0.278. The predicted octanol–water partition coefficient (Wildman–Crippen LogP) is 2.62. The van der Waals surface area contributed by atoms with Crippen LogP contribution in [0.25, 0.3) is 17.2 Å². The van der Waals surface area contributed by atoms with Crippen LogP contribution in [0.3, 0.4) is 0 Å². The number of imidazole rings is 1. The zero-order valence-electron chi connectivity index (χ0n) is 15.5. The molecule has 4 aromatic heterocycles. The van der Waals surface area contributed by atoms with Crippen LogP contribution in [0.1, 0.15) is 12.1 Å². The van der Waals surface area contributed by atoms with E-state index in [-0.39, 0.29) is 11.7 Å². The third kappa shape index (κ3) is 3.40. The first-order valence-corrected chi connectivity index (χ1v) is 9.21. The Kier molecular flexibility index (Phi) is 4.26. The minimum Gasteiger partial charge on any atom is -0.378 e. The van der Waals surface area contributed by atoms with Crippen LogP contribution >= 0.6 is 0 Å². The molecule has 0 radical (unpaired) electrons. The highest BCUT2D eigenvalue weighted by molar-refractivity contribution is 5.58. The van der Waals surface area contributed by atoms with E-state index in [1.165, 1.54) is 10.6 Å². The molecule has 9 nitrogen and oxygen atoms in total.